The van der Waals surface area contributed by atoms with Crippen LogP contribution >= 0.6 is 11.6 Å². The number of imide groups is 1. The van der Waals surface area contributed by atoms with Gasteiger partial charge in [-0.3, -0.25) is 14.5 Å². The van der Waals surface area contributed by atoms with Gasteiger partial charge in [-0.1, -0.05) is 60.1 Å². The first-order valence-electron chi connectivity index (χ1n) is 10.2. The van der Waals surface area contributed by atoms with Gasteiger partial charge in [-0.25, -0.2) is 0 Å². The summed E-state index contributed by atoms with van der Waals surface area (Å²) in [4.78, 5) is 27.8. The van der Waals surface area contributed by atoms with E-state index in [0.717, 1.165) is 16.5 Å². The van der Waals surface area contributed by atoms with Crippen molar-refractivity contribution in [2.24, 2.45) is 0 Å². The number of hydrogen-bond acceptors (Lipinski definition) is 4. The molecule has 1 N–H and O–H groups in total. The van der Waals surface area contributed by atoms with Gasteiger partial charge in [0.05, 0.1) is 24.8 Å². The number of hydrogen-bond donors (Lipinski definition) is 1. The molecule has 0 saturated heterocycles. The second-order valence-corrected chi connectivity index (χ2v) is 8.03. The molecule has 0 fully saturated rings. The van der Waals surface area contributed by atoms with Crippen LogP contribution < -0.4 is 5.32 Å². The van der Waals surface area contributed by atoms with Crippen LogP contribution in [0.3, 0.4) is 0 Å². The van der Waals surface area contributed by atoms with Crippen LogP contribution in [0.1, 0.15) is 19.4 Å². The maximum atomic E-state index is 13.3. The molecule has 31 heavy (non-hydrogen) atoms. The van der Waals surface area contributed by atoms with Crippen molar-refractivity contribution in [3.05, 3.63) is 83.0 Å². The number of nitrogens with zero attached hydrogens (tertiary/aromatic N) is 1. The zero-order chi connectivity index (χ0) is 22.0. The fourth-order valence-corrected chi connectivity index (χ4v) is 3.75. The Morgan fingerprint density at radius 3 is 2.39 bits per heavy atom. The van der Waals surface area contributed by atoms with E-state index < -0.39 is 0 Å². The lowest BCUT2D eigenvalue weighted by Gasteiger charge is -2.16. The zero-order valence-corrected chi connectivity index (χ0v) is 18.1. The van der Waals surface area contributed by atoms with Gasteiger partial charge in [-0.2, -0.15) is 0 Å². The van der Waals surface area contributed by atoms with Gasteiger partial charge < -0.3 is 10.1 Å². The molecule has 3 aromatic carbocycles. The van der Waals surface area contributed by atoms with Crippen molar-refractivity contribution in [1.82, 2.24) is 4.90 Å². The first-order valence-corrected chi connectivity index (χ1v) is 10.6. The molecular weight excluding hydrogens is 412 g/mol. The molecule has 0 saturated carbocycles. The molecule has 0 radical (unpaired) electrons. The Kier molecular flexibility index (Phi) is 6.07. The number of carbonyl (C=O) groups is 2. The van der Waals surface area contributed by atoms with Crippen LogP contribution in [-0.2, 0) is 14.3 Å². The highest BCUT2D eigenvalue weighted by Crippen LogP contribution is 2.33. The third-order valence-corrected chi connectivity index (χ3v) is 5.37. The average molecular weight is 435 g/mol. The van der Waals surface area contributed by atoms with Crippen LogP contribution in [0.2, 0.25) is 5.02 Å². The van der Waals surface area contributed by atoms with Crippen molar-refractivity contribution < 1.29 is 14.3 Å². The molecule has 1 heterocycles. The van der Waals surface area contributed by atoms with Gasteiger partial charge in [0, 0.05) is 16.1 Å². The molecule has 2 amide bonds. The Bertz CT molecular complexity index is 1160. The second kappa shape index (κ2) is 8.92. The first-order chi connectivity index (χ1) is 15.0. The molecule has 0 unspecified atom stereocenters. The van der Waals surface area contributed by atoms with E-state index in [4.69, 9.17) is 16.3 Å². The molecule has 1 aliphatic rings. The Hall–Kier alpha value is -3.15. The predicted octanol–water partition coefficient (Wildman–Crippen LogP) is 5.11. The average Bonchev–Trinajstić information content (AvgIpc) is 2.99. The quantitative estimate of drug-likeness (QED) is 0.525. The van der Waals surface area contributed by atoms with Crippen LogP contribution in [-0.4, -0.2) is 36.0 Å². The van der Waals surface area contributed by atoms with Gasteiger partial charge in [0.25, 0.3) is 11.8 Å². The summed E-state index contributed by atoms with van der Waals surface area (Å²) in [6.45, 7) is 4.30. The fourth-order valence-electron chi connectivity index (χ4n) is 3.63. The van der Waals surface area contributed by atoms with Gasteiger partial charge in [0.2, 0.25) is 0 Å². The summed E-state index contributed by atoms with van der Waals surface area (Å²) in [5.41, 5.74) is 1.99. The van der Waals surface area contributed by atoms with Gasteiger partial charge >= 0.3 is 0 Å². The standard InChI is InChI=1S/C25H23ClN2O3/c1-16(2)31-15-14-28-24(29)22(18-10-12-19(26)13-11-18)23(25(28)30)27-21-9-5-7-17-6-3-4-8-20(17)21/h3-13,16,27H,14-15H2,1-2H3. The van der Waals surface area contributed by atoms with Crippen molar-refractivity contribution >= 4 is 45.4 Å². The maximum absolute atomic E-state index is 13.3. The summed E-state index contributed by atoms with van der Waals surface area (Å²) in [5.74, 6) is -0.711. The number of anilines is 1. The summed E-state index contributed by atoms with van der Waals surface area (Å²) >= 11 is 6.03. The van der Waals surface area contributed by atoms with Crippen LogP contribution in [0.5, 0.6) is 0 Å². The highest BCUT2D eigenvalue weighted by atomic mass is 35.5. The van der Waals surface area contributed by atoms with Gasteiger partial charge in [0.15, 0.2) is 0 Å². The Balaban J connectivity index is 1.75. The second-order valence-electron chi connectivity index (χ2n) is 7.59. The summed E-state index contributed by atoms with van der Waals surface area (Å²) in [6.07, 6.45) is 0.0183. The SMILES string of the molecule is CC(C)OCCN1C(=O)C(Nc2cccc3ccccc23)=C(c2ccc(Cl)cc2)C1=O. The summed E-state index contributed by atoms with van der Waals surface area (Å²) in [5, 5.41) is 5.82. The third-order valence-electron chi connectivity index (χ3n) is 5.12. The lowest BCUT2D eigenvalue weighted by molar-refractivity contribution is -0.137. The van der Waals surface area contributed by atoms with E-state index in [1.807, 2.05) is 56.3 Å². The molecule has 6 heteroatoms. The smallest absolute Gasteiger partial charge is 0.278 e. The largest absolute Gasteiger partial charge is 0.377 e. The molecule has 4 rings (SSSR count). The third kappa shape index (κ3) is 4.33. The topological polar surface area (TPSA) is 58.6 Å². The number of halogens is 1. The van der Waals surface area contributed by atoms with Crippen molar-refractivity contribution in [1.29, 1.82) is 0 Å². The van der Waals surface area contributed by atoms with E-state index in [1.165, 1.54) is 4.90 Å². The minimum absolute atomic E-state index is 0.0183. The van der Waals surface area contributed by atoms with E-state index in [1.54, 1.807) is 24.3 Å². The van der Waals surface area contributed by atoms with Crippen LogP contribution in [0.4, 0.5) is 5.69 Å². The van der Waals surface area contributed by atoms with E-state index in [9.17, 15) is 9.59 Å². The van der Waals surface area contributed by atoms with E-state index in [2.05, 4.69) is 5.32 Å². The maximum Gasteiger partial charge on any atom is 0.278 e. The molecule has 0 aliphatic carbocycles. The number of ether oxygens (including phenoxy) is 1. The number of nitrogens with one attached hydrogen (secondary N) is 1. The molecule has 0 spiro atoms. The van der Waals surface area contributed by atoms with Crippen LogP contribution in [0, 0.1) is 0 Å². The van der Waals surface area contributed by atoms with E-state index >= 15 is 0 Å². The Labute approximate surface area is 186 Å². The molecule has 5 nitrogen and oxygen atoms in total. The van der Waals surface area contributed by atoms with E-state index in [0.29, 0.717) is 16.2 Å². The van der Waals surface area contributed by atoms with Gasteiger partial charge in [0.1, 0.15) is 5.70 Å². The number of benzene rings is 3. The molecule has 3 aromatic rings. The number of amides is 2. The zero-order valence-electron chi connectivity index (χ0n) is 17.4. The molecule has 0 atom stereocenters. The van der Waals surface area contributed by atoms with Crippen LogP contribution in [0.15, 0.2) is 72.4 Å². The highest BCUT2D eigenvalue weighted by molar-refractivity contribution is 6.37. The van der Waals surface area contributed by atoms with E-state index in [-0.39, 0.29) is 36.8 Å². The van der Waals surface area contributed by atoms with Crippen LogP contribution in [0.25, 0.3) is 16.3 Å². The van der Waals surface area contributed by atoms with Crippen molar-refractivity contribution in [2.45, 2.75) is 20.0 Å². The fraction of sp³-hybridized carbons (Fsp3) is 0.200. The predicted molar refractivity (Wildman–Crippen MR) is 124 cm³/mol. The molecule has 0 bridgehead atoms. The minimum atomic E-state index is -0.366. The summed E-state index contributed by atoms with van der Waals surface area (Å²) in [7, 11) is 0. The molecular formula is C25H23ClN2O3. The Morgan fingerprint density at radius 1 is 0.935 bits per heavy atom. The van der Waals surface area contributed by atoms with Crippen molar-refractivity contribution in [3.63, 3.8) is 0 Å². The van der Waals surface area contributed by atoms with Gasteiger partial charge in [-0.15, -0.1) is 0 Å². The number of rotatable bonds is 7. The van der Waals surface area contributed by atoms with Crippen molar-refractivity contribution in [3.8, 4) is 0 Å². The van der Waals surface area contributed by atoms with Crippen molar-refractivity contribution in [2.75, 3.05) is 18.5 Å². The number of fused-ring (bicyclic) bond motifs is 1. The first kappa shape index (κ1) is 21.1. The lowest BCUT2D eigenvalue weighted by Crippen LogP contribution is -2.35. The highest BCUT2D eigenvalue weighted by Gasteiger charge is 2.39. The normalized spacial score (nSPS) is 14.3. The summed E-state index contributed by atoms with van der Waals surface area (Å²) < 4.78 is 5.57. The lowest BCUT2D eigenvalue weighted by atomic mass is 10.0. The summed E-state index contributed by atoms with van der Waals surface area (Å²) in [6, 6.07) is 20.6. The number of carbonyl (C=O) groups excluding carboxylic acids is 2. The Morgan fingerprint density at radius 2 is 1.65 bits per heavy atom. The monoisotopic (exact) mass is 434 g/mol. The molecule has 1 aliphatic heterocycles. The van der Waals surface area contributed by atoms with Gasteiger partial charge in [-0.05, 0) is 43.0 Å². The minimum Gasteiger partial charge on any atom is -0.377 e. The molecule has 158 valence electrons. The molecule has 0 aromatic heterocycles.